The van der Waals surface area contributed by atoms with Crippen molar-refractivity contribution >= 4 is 11.8 Å². The highest BCUT2D eigenvalue weighted by Gasteiger charge is 2.18. The lowest BCUT2D eigenvalue weighted by molar-refractivity contribution is -0.134. The summed E-state index contributed by atoms with van der Waals surface area (Å²) in [7, 11) is 0. The van der Waals surface area contributed by atoms with Crippen LogP contribution in [0.1, 0.15) is 38.3 Å². The molecule has 2 amide bonds. The molecule has 116 valence electrons. The largest absolute Gasteiger partial charge is 0.481 e. The van der Waals surface area contributed by atoms with Crippen LogP contribution in [0.5, 0.6) is 5.75 Å². The Bertz CT molecular complexity index is 514. The number of carbonyl (C=O) groups is 2. The first-order chi connectivity index (χ1) is 9.86. The van der Waals surface area contributed by atoms with Crippen molar-refractivity contribution < 1.29 is 14.3 Å². The molecule has 0 aliphatic carbocycles. The van der Waals surface area contributed by atoms with E-state index in [2.05, 4.69) is 10.9 Å². The minimum atomic E-state index is -0.692. The molecule has 1 aromatic carbocycles. The number of aryl methyl sites for hydroxylation is 1. The zero-order valence-electron chi connectivity index (χ0n) is 13.3. The number of benzene rings is 1. The van der Waals surface area contributed by atoms with E-state index in [-0.39, 0.29) is 17.7 Å². The van der Waals surface area contributed by atoms with E-state index in [9.17, 15) is 9.59 Å². The van der Waals surface area contributed by atoms with E-state index in [1.807, 2.05) is 39.0 Å². The Morgan fingerprint density at radius 1 is 1.14 bits per heavy atom. The lowest BCUT2D eigenvalue weighted by Gasteiger charge is -2.18. The van der Waals surface area contributed by atoms with Crippen molar-refractivity contribution in [1.82, 2.24) is 10.9 Å². The lowest BCUT2D eigenvalue weighted by Crippen LogP contribution is -2.48. The van der Waals surface area contributed by atoms with Gasteiger partial charge in [-0.05, 0) is 44.4 Å². The van der Waals surface area contributed by atoms with Crippen LogP contribution in [-0.2, 0) is 9.59 Å². The normalized spacial score (nSPS) is 13.2. The molecule has 0 radical (unpaired) electrons. The van der Waals surface area contributed by atoms with Gasteiger partial charge in [0.25, 0.3) is 5.91 Å². The molecule has 0 spiro atoms. The summed E-state index contributed by atoms with van der Waals surface area (Å²) < 4.78 is 5.64. The van der Waals surface area contributed by atoms with Crippen LogP contribution in [0.15, 0.2) is 18.2 Å². The van der Waals surface area contributed by atoms with E-state index in [1.54, 1.807) is 13.8 Å². The molecule has 2 atom stereocenters. The molecular formula is C16H24N2O3. The Balaban J connectivity index is 2.55. The van der Waals surface area contributed by atoms with Crippen molar-refractivity contribution in [2.75, 3.05) is 0 Å². The highest BCUT2D eigenvalue weighted by Crippen LogP contribution is 2.21. The predicted molar refractivity (Wildman–Crippen MR) is 81.7 cm³/mol. The van der Waals surface area contributed by atoms with E-state index < -0.39 is 6.10 Å². The van der Waals surface area contributed by atoms with Gasteiger partial charge in [0.15, 0.2) is 6.10 Å². The number of hydrogen-bond acceptors (Lipinski definition) is 3. The van der Waals surface area contributed by atoms with Crippen molar-refractivity contribution in [2.24, 2.45) is 5.92 Å². The number of hydrogen-bond donors (Lipinski definition) is 2. The molecule has 21 heavy (non-hydrogen) atoms. The molecule has 2 unspecified atom stereocenters. The SMILES string of the molecule is CCC(C)C(=O)NNC(=O)C(C)Oc1cccc(C)c1C. The molecule has 0 aromatic heterocycles. The Morgan fingerprint density at radius 3 is 2.38 bits per heavy atom. The van der Waals surface area contributed by atoms with E-state index in [1.165, 1.54) is 0 Å². The average Bonchev–Trinajstić information content (AvgIpc) is 2.47. The van der Waals surface area contributed by atoms with Crippen molar-refractivity contribution in [1.29, 1.82) is 0 Å². The third-order valence-corrected chi connectivity index (χ3v) is 3.60. The fourth-order valence-electron chi connectivity index (χ4n) is 1.63. The van der Waals surface area contributed by atoms with Crippen molar-refractivity contribution in [3.05, 3.63) is 29.3 Å². The van der Waals surface area contributed by atoms with Crippen LogP contribution in [-0.4, -0.2) is 17.9 Å². The quantitative estimate of drug-likeness (QED) is 0.818. The van der Waals surface area contributed by atoms with Gasteiger partial charge in [-0.3, -0.25) is 20.4 Å². The molecule has 0 saturated carbocycles. The molecule has 0 bridgehead atoms. The van der Waals surface area contributed by atoms with Gasteiger partial charge >= 0.3 is 0 Å². The Hall–Kier alpha value is -2.04. The smallest absolute Gasteiger partial charge is 0.279 e. The first-order valence-electron chi connectivity index (χ1n) is 7.19. The zero-order chi connectivity index (χ0) is 16.0. The monoisotopic (exact) mass is 292 g/mol. The second-order valence-corrected chi connectivity index (χ2v) is 5.25. The minimum Gasteiger partial charge on any atom is -0.481 e. The Kier molecular flexibility index (Phi) is 6.21. The second-order valence-electron chi connectivity index (χ2n) is 5.25. The van der Waals surface area contributed by atoms with Gasteiger partial charge < -0.3 is 4.74 Å². The highest BCUT2D eigenvalue weighted by molar-refractivity contribution is 5.85. The van der Waals surface area contributed by atoms with Crippen molar-refractivity contribution in [3.63, 3.8) is 0 Å². The Labute approximate surface area is 126 Å². The summed E-state index contributed by atoms with van der Waals surface area (Å²) in [5.74, 6) is -0.0520. The fraction of sp³-hybridized carbons (Fsp3) is 0.500. The third kappa shape index (κ3) is 4.77. The molecule has 0 aliphatic rings. The van der Waals surface area contributed by atoms with Gasteiger partial charge in [-0.25, -0.2) is 0 Å². The van der Waals surface area contributed by atoms with Gasteiger partial charge in [-0.2, -0.15) is 0 Å². The van der Waals surface area contributed by atoms with Crippen molar-refractivity contribution in [3.8, 4) is 5.75 Å². The highest BCUT2D eigenvalue weighted by atomic mass is 16.5. The maximum Gasteiger partial charge on any atom is 0.279 e. The standard InChI is InChI=1S/C16H24N2O3/c1-6-10(2)15(19)17-18-16(20)13(5)21-14-9-7-8-11(3)12(14)4/h7-10,13H,6H2,1-5H3,(H,17,19)(H,18,20). The van der Waals surface area contributed by atoms with E-state index in [0.29, 0.717) is 5.75 Å². The number of carbonyl (C=O) groups excluding carboxylic acids is 2. The molecule has 5 nitrogen and oxygen atoms in total. The van der Waals surface area contributed by atoms with Crippen LogP contribution < -0.4 is 15.6 Å². The summed E-state index contributed by atoms with van der Waals surface area (Å²) in [6, 6.07) is 5.69. The number of amides is 2. The second kappa shape index (κ2) is 7.67. The third-order valence-electron chi connectivity index (χ3n) is 3.60. The molecule has 1 aromatic rings. The van der Waals surface area contributed by atoms with Crippen LogP contribution >= 0.6 is 0 Å². The fourth-order valence-corrected chi connectivity index (χ4v) is 1.63. The van der Waals surface area contributed by atoms with Gasteiger partial charge in [-0.15, -0.1) is 0 Å². The maximum absolute atomic E-state index is 11.9. The van der Waals surface area contributed by atoms with Gasteiger partial charge in [-0.1, -0.05) is 26.0 Å². The van der Waals surface area contributed by atoms with E-state index in [0.717, 1.165) is 17.5 Å². The minimum absolute atomic E-state index is 0.138. The van der Waals surface area contributed by atoms with Gasteiger partial charge in [0, 0.05) is 5.92 Å². The Morgan fingerprint density at radius 2 is 1.76 bits per heavy atom. The molecule has 0 aliphatic heterocycles. The number of hydrazine groups is 1. The molecule has 2 N–H and O–H groups in total. The summed E-state index contributed by atoms with van der Waals surface area (Å²) in [5, 5.41) is 0. The average molecular weight is 292 g/mol. The summed E-state index contributed by atoms with van der Waals surface area (Å²) in [6.45, 7) is 9.29. The first-order valence-corrected chi connectivity index (χ1v) is 7.19. The molecule has 0 heterocycles. The van der Waals surface area contributed by atoms with Crippen LogP contribution in [0.25, 0.3) is 0 Å². The number of nitrogens with one attached hydrogen (secondary N) is 2. The first kappa shape index (κ1) is 17.0. The van der Waals surface area contributed by atoms with Crippen LogP contribution in [0, 0.1) is 19.8 Å². The summed E-state index contributed by atoms with van der Waals surface area (Å²) in [6.07, 6.45) is 0.0266. The zero-order valence-corrected chi connectivity index (χ0v) is 13.3. The summed E-state index contributed by atoms with van der Waals surface area (Å²) in [4.78, 5) is 23.5. The predicted octanol–water partition coefficient (Wildman–Crippen LogP) is 2.26. The molecule has 1 rings (SSSR count). The maximum atomic E-state index is 11.9. The topological polar surface area (TPSA) is 67.4 Å². The number of rotatable bonds is 5. The summed E-state index contributed by atoms with van der Waals surface area (Å²) in [5.41, 5.74) is 6.90. The van der Waals surface area contributed by atoms with E-state index in [4.69, 9.17) is 4.74 Å². The van der Waals surface area contributed by atoms with Gasteiger partial charge in [0.2, 0.25) is 5.91 Å². The molecule has 0 fully saturated rings. The summed E-state index contributed by atoms with van der Waals surface area (Å²) >= 11 is 0. The van der Waals surface area contributed by atoms with Crippen LogP contribution in [0.2, 0.25) is 0 Å². The van der Waals surface area contributed by atoms with Gasteiger partial charge in [0.05, 0.1) is 0 Å². The number of ether oxygens (including phenoxy) is 1. The van der Waals surface area contributed by atoms with Gasteiger partial charge in [0.1, 0.15) is 5.75 Å². The molecule has 5 heteroatoms. The van der Waals surface area contributed by atoms with Crippen LogP contribution in [0.4, 0.5) is 0 Å². The molecular weight excluding hydrogens is 268 g/mol. The van der Waals surface area contributed by atoms with E-state index >= 15 is 0 Å². The molecule has 0 saturated heterocycles. The van der Waals surface area contributed by atoms with Crippen LogP contribution in [0.3, 0.4) is 0 Å². The lowest BCUT2D eigenvalue weighted by atomic mass is 10.1. The van der Waals surface area contributed by atoms with Crippen molar-refractivity contribution in [2.45, 2.75) is 47.1 Å².